The van der Waals surface area contributed by atoms with Gasteiger partial charge in [0.2, 0.25) is 0 Å². The lowest BCUT2D eigenvalue weighted by Crippen LogP contribution is -2.19. The van der Waals surface area contributed by atoms with Crippen molar-refractivity contribution in [2.45, 2.75) is 13.0 Å². The van der Waals surface area contributed by atoms with Crippen LogP contribution in [-0.4, -0.2) is 24.5 Å². The van der Waals surface area contributed by atoms with Crippen LogP contribution in [0.3, 0.4) is 0 Å². The zero-order valence-electron chi connectivity index (χ0n) is 16.7. The fraction of sp³-hybridized carbons (Fsp3) is 0.143. The van der Waals surface area contributed by atoms with Crippen LogP contribution in [0.15, 0.2) is 53.8 Å². The molecule has 0 aliphatic carbocycles. The van der Waals surface area contributed by atoms with E-state index in [-0.39, 0.29) is 22.3 Å². The molecule has 3 heterocycles. The van der Waals surface area contributed by atoms with E-state index < -0.39 is 0 Å². The monoisotopic (exact) mass is 432 g/mol. The molecule has 0 aliphatic heterocycles. The van der Waals surface area contributed by atoms with Crippen molar-refractivity contribution in [1.29, 1.82) is 5.26 Å². The quantitative estimate of drug-likeness (QED) is 0.459. The third-order valence-electron chi connectivity index (χ3n) is 4.77. The minimum Gasteiger partial charge on any atom is -0.375 e. The average molecular weight is 433 g/mol. The summed E-state index contributed by atoms with van der Waals surface area (Å²) >= 11 is 6.00. The highest BCUT2D eigenvalue weighted by atomic mass is 35.5. The van der Waals surface area contributed by atoms with Crippen molar-refractivity contribution in [1.82, 2.24) is 24.5 Å². The molecule has 31 heavy (non-hydrogen) atoms. The minimum absolute atomic E-state index is 0.0715. The first-order valence-electron chi connectivity index (χ1n) is 9.33. The van der Waals surface area contributed by atoms with Crippen LogP contribution in [0.5, 0.6) is 0 Å². The highest BCUT2D eigenvalue weighted by molar-refractivity contribution is 6.30. The van der Waals surface area contributed by atoms with E-state index in [9.17, 15) is 10.1 Å². The zero-order chi connectivity index (χ0) is 22.0. The molecule has 0 saturated heterocycles. The van der Waals surface area contributed by atoms with E-state index in [4.69, 9.17) is 11.6 Å². The van der Waals surface area contributed by atoms with E-state index in [0.29, 0.717) is 23.0 Å². The van der Waals surface area contributed by atoms with Crippen LogP contribution < -0.4 is 16.2 Å². The maximum absolute atomic E-state index is 12.5. The summed E-state index contributed by atoms with van der Waals surface area (Å²) in [6, 6.07) is 10.5. The van der Waals surface area contributed by atoms with Crippen molar-refractivity contribution < 1.29 is 0 Å². The molecule has 0 fully saturated rings. The van der Waals surface area contributed by atoms with Crippen LogP contribution in [-0.2, 0) is 7.05 Å². The summed E-state index contributed by atoms with van der Waals surface area (Å²) in [4.78, 5) is 29.0. The third-order valence-corrected chi connectivity index (χ3v) is 5.05. The van der Waals surface area contributed by atoms with Gasteiger partial charge in [-0.05, 0) is 31.2 Å². The van der Waals surface area contributed by atoms with Gasteiger partial charge < -0.3 is 15.2 Å². The average Bonchev–Trinajstić information content (AvgIpc) is 2.78. The summed E-state index contributed by atoms with van der Waals surface area (Å²) in [5, 5.41) is 16.7. The summed E-state index contributed by atoms with van der Waals surface area (Å²) in [7, 11) is 1.71. The van der Waals surface area contributed by atoms with E-state index in [1.54, 1.807) is 36.1 Å². The van der Waals surface area contributed by atoms with Crippen LogP contribution in [0.1, 0.15) is 24.4 Å². The van der Waals surface area contributed by atoms with E-state index in [1.807, 2.05) is 25.1 Å². The first kappa shape index (κ1) is 20.3. The molecule has 0 saturated carbocycles. The number of fused-ring (bicyclic) bond motifs is 1. The van der Waals surface area contributed by atoms with Gasteiger partial charge >= 0.3 is 0 Å². The standard InChI is InChI=1S/C21H17ClN8O/c1-12(20-24-6-3-7-25-20)28-16-9-18(31)30(2)17-5-4-13(8-14(16)17)29-21-15(10-23)19(22)26-11-27-21/h3-9,11-12,28H,1-2H3,(H,26,27,29). The van der Waals surface area contributed by atoms with Crippen molar-refractivity contribution in [2.24, 2.45) is 7.05 Å². The Balaban J connectivity index is 1.77. The Hall–Kier alpha value is -4.03. The van der Waals surface area contributed by atoms with Crippen LogP contribution >= 0.6 is 11.6 Å². The number of anilines is 3. The number of hydrogen-bond donors (Lipinski definition) is 2. The molecular weight excluding hydrogens is 416 g/mol. The predicted octanol–water partition coefficient (Wildman–Crippen LogP) is 3.56. The fourth-order valence-corrected chi connectivity index (χ4v) is 3.36. The fourth-order valence-electron chi connectivity index (χ4n) is 3.18. The topological polar surface area (TPSA) is 121 Å². The van der Waals surface area contributed by atoms with Gasteiger partial charge in [-0.25, -0.2) is 19.9 Å². The minimum atomic E-state index is -0.223. The lowest BCUT2D eigenvalue weighted by molar-refractivity contribution is 0.788. The van der Waals surface area contributed by atoms with E-state index >= 15 is 0 Å². The predicted molar refractivity (Wildman–Crippen MR) is 118 cm³/mol. The van der Waals surface area contributed by atoms with Crippen LogP contribution in [0.2, 0.25) is 5.15 Å². The van der Waals surface area contributed by atoms with Gasteiger partial charge in [0.1, 0.15) is 23.8 Å². The van der Waals surface area contributed by atoms with E-state index in [1.165, 1.54) is 12.4 Å². The van der Waals surface area contributed by atoms with Crippen molar-refractivity contribution in [3.63, 3.8) is 0 Å². The van der Waals surface area contributed by atoms with Crippen LogP contribution in [0.4, 0.5) is 17.2 Å². The van der Waals surface area contributed by atoms with Crippen LogP contribution in [0.25, 0.3) is 10.9 Å². The number of halogens is 1. The molecule has 1 unspecified atom stereocenters. The lowest BCUT2D eigenvalue weighted by Gasteiger charge is -2.18. The van der Waals surface area contributed by atoms with Gasteiger partial charge in [-0.3, -0.25) is 4.79 Å². The molecule has 2 N–H and O–H groups in total. The highest BCUT2D eigenvalue weighted by Crippen LogP contribution is 2.29. The number of aryl methyl sites for hydroxylation is 1. The molecule has 10 heteroatoms. The summed E-state index contributed by atoms with van der Waals surface area (Å²) in [5.41, 5.74) is 2.05. The maximum atomic E-state index is 12.5. The number of rotatable bonds is 5. The van der Waals surface area contributed by atoms with Gasteiger partial charge in [-0.15, -0.1) is 0 Å². The Bertz CT molecular complexity index is 1360. The number of nitriles is 1. The summed E-state index contributed by atoms with van der Waals surface area (Å²) in [6.07, 6.45) is 4.62. The smallest absolute Gasteiger partial charge is 0.252 e. The second kappa shape index (κ2) is 8.38. The van der Waals surface area contributed by atoms with Crippen molar-refractivity contribution in [3.8, 4) is 6.07 Å². The molecule has 3 aromatic heterocycles. The maximum Gasteiger partial charge on any atom is 0.252 e. The number of aromatic nitrogens is 5. The number of pyridine rings is 1. The van der Waals surface area contributed by atoms with Crippen molar-refractivity contribution in [2.75, 3.05) is 10.6 Å². The first-order valence-corrected chi connectivity index (χ1v) is 9.70. The Kier molecular flexibility index (Phi) is 5.47. The Morgan fingerprint density at radius 1 is 1.16 bits per heavy atom. The lowest BCUT2D eigenvalue weighted by atomic mass is 10.1. The SMILES string of the molecule is CC(Nc1cc(=O)n(C)c2ccc(Nc3ncnc(Cl)c3C#N)cc12)c1ncccn1. The number of nitrogens with one attached hydrogen (secondary N) is 2. The third kappa shape index (κ3) is 4.01. The number of nitrogens with zero attached hydrogens (tertiary/aromatic N) is 6. The molecule has 4 aromatic rings. The normalized spacial score (nSPS) is 11.7. The second-order valence-electron chi connectivity index (χ2n) is 6.79. The first-order chi connectivity index (χ1) is 15.0. The van der Waals surface area contributed by atoms with Gasteiger partial charge in [0.15, 0.2) is 11.0 Å². The molecule has 9 nitrogen and oxygen atoms in total. The van der Waals surface area contributed by atoms with Gasteiger partial charge in [-0.1, -0.05) is 11.6 Å². The molecule has 0 bridgehead atoms. The van der Waals surface area contributed by atoms with E-state index in [2.05, 4.69) is 30.6 Å². The molecule has 0 spiro atoms. The molecule has 1 aromatic carbocycles. The summed E-state index contributed by atoms with van der Waals surface area (Å²) in [6.45, 7) is 1.92. The van der Waals surface area contributed by atoms with Gasteiger partial charge in [-0.2, -0.15) is 5.26 Å². The molecule has 154 valence electrons. The summed E-state index contributed by atoms with van der Waals surface area (Å²) < 4.78 is 1.57. The Morgan fingerprint density at radius 2 is 1.94 bits per heavy atom. The van der Waals surface area contributed by atoms with Crippen molar-refractivity contribution in [3.05, 3.63) is 75.9 Å². The second-order valence-corrected chi connectivity index (χ2v) is 7.14. The molecular formula is C21H17ClN8O. The largest absolute Gasteiger partial charge is 0.375 e. The Labute approximate surface area is 182 Å². The van der Waals surface area contributed by atoms with Gasteiger partial charge in [0.05, 0.1) is 11.6 Å². The van der Waals surface area contributed by atoms with E-state index in [0.717, 1.165) is 10.9 Å². The Morgan fingerprint density at radius 3 is 2.68 bits per heavy atom. The number of hydrogen-bond acceptors (Lipinski definition) is 8. The molecule has 0 radical (unpaired) electrons. The number of benzene rings is 1. The van der Waals surface area contributed by atoms with Crippen molar-refractivity contribution >= 4 is 39.7 Å². The molecule has 1 atom stereocenters. The molecule has 0 amide bonds. The van der Waals surface area contributed by atoms with Gasteiger partial charge in [0, 0.05) is 42.3 Å². The molecule has 0 aliphatic rings. The highest BCUT2D eigenvalue weighted by Gasteiger charge is 2.14. The summed E-state index contributed by atoms with van der Waals surface area (Å²) in [5.74, 6) is 0.909. The zero-order valence-corrected chi connectivity index (χ0v) is 17.4. The van der Waals surface area contributed by atoms with Crippen LogP contribution in [0, 0.1) is 11.3 Å². The molecule has 4 rings (SSSR count). The van der Waals surface area contributed by atoms with Gasteiger partial charge in [0.25, 0.3) is 5.56 Å².